The molecule has 0 aliphatic heterocycles. The van der Waals surface area contributed by atoms with Crippen molar-refractivity contribution in [1.82, 2.24) is 30.7 Å². The van der Waals surface area contributed by atoms with E-state index in [2.05, 4.69) is 30.6 Å². The number of halogens is 3. The molecule has 0 fully saturated rings. The van der Waals surface area contributed by atoms with Gasteiger partial charge in [-0.25, -0.2) is 20.6 Å². The number of pyridine rings is 3. The van der Waals surface area contributed by atoms with Gasteiger partial charge in [0.2, 0.25) is 0 Å². The molecule has 0 saturated heterocycles. The Morgan fingerprint density at radius 3 is 2.29 bits per heavy atom. The third-order valence-electron chi connectivity index (χ3n) is 5.63. The Kier molecular flexibility index (Phi) is 8.65. The first-order chi connectivity index (χ1) is 19.6. The Labute approximate surface area is 234 Å². The molecule has 41 heavy (non-hydrogen) atoms. The number of anilines is 1. The minimum atomic E-state index is -4.74. The third kappa shape index (κ3) is 6.34. The molecule has 0 unspecified atom stereocenters. The van der Waals surface area contributed by atoms with Gasteiger partial charge >= 0.3 is 12.2 Å². The Morgan fingerprint density at radius 2 is 1.66 bits per heavy atom. The number of carbonyl (C=O) groups excluding carboxylic acids is 3. The lowest BCUT2D eigenvalue weighted by Gasteiger charge is -2.18. The lowest BCUT2D eigenvalue weighted by atomic mass is 9.93. The Balaban J connectivity index is 2.09. The zero-order chi connectivity index (χ0) is 29.7. The number of nitrogen functional groups attached to an aromatic ring is 1. The zero-order valence-corrected chi connectivity index (χ0v) is 22.1. The minimum absolute atomic E-state index is 0.0256. The van der Waals surface area contributed by atoms with Crippen molar-refractivity contribution in [2.75, 3.05) is 18.4 Å². The summed E-state index contributed by atoms with van der Waals surface area (Å²) in [4.78, 5) is 53.5. The van der Waals surface area contributed by atoms with E-state index in [1.807, 2.05) is 5.43 Å². The number of aromatic nitrogens is 4. The van der Waals surface area contributed by atoms with Crippen molar-refractivity contribution in [2.24, 2.45) is 11.6 Å². The summed E-state index contributed by atoms with van der Waals surface area (Å²) in [6, 6.07) is 2.21. The van der Waals surface area contributed by atoms with E-state index in [9.17, 15) is 27.6 Å². The summed E-state index contributed by atoms with van der Waals surface area (Å²) in [5, 5.41) is 5.91. The van der Waals surface area contributed by atoms with E-state index in [-0.39, 0.29) is 57.3 Å². The van der Waals surface area contributed by atoms with E-state index in [4.69, 9.17) is 11.6 Å². The molecule has 12 nitrogen and oxygen atoms in total. The molecule has 4 aromatic rings. The monoisotopic (exact) mass is 585 g/mol. The average Bonchev–Trinajstić information content (AvgIpc) is 3.47. The molecule has 0 aliphatic carbocycles. The Morgan fingerprint density at radius 1 is 0.976 bits per heavy atom. The number of hydrogen-bond acceptors (Lipinski definition) is 10. The lowest BCUT2D eigenvalue weighted by Crippen LogP contribution is -2.30. The number of rotatable bonds is 8. The normalized spacial score (nSPS) is 11.2. The summed E-state index contributed by atoms with van der Waals surface area (Å²) in [5.41, 5.74) is 7.50. The number of Topliss-reactive ketones (excluding diaryl/α,β-unsaturated/α-hetero) is 1. The van der Waals surface area contributed by atoms with E-state index in [1.165, 1.54) is 43.1 Å². The fourth-order valence-corrected chi connectivity index (χ4v) is 4.69. The van der Waals surface area contributed by atoms with Crippen LogP contribution in [0, 0.1) is 0 Å². The van der Waals surface area contributed by atoms with Crippen molar-refractivity contribution in [3.05, 3.63) is 65.3 Å². The van der Waals surface area contributed by atoms with Crippen LogP contribution in [-0.4, -0.2) is 50.7 Å². The first-order valence-corrected chi connectivity index (χ1v) is 12.7. The van der Waals surface area contributed by atoms with E-state index >= 15 is 0 Å². The van der Waals surface area contributed by atoms with Crippen LogP contribution in [-0.2, 0) is 6.18 Å². The Hall–Kier alpha value is -4.80. The van der Waals surface area contributed by atoms with Crippen molar-refractivity contribution in [2.45, 2.75) is 13.1 Å². The number of carbonyl (C=O) groups is 3. The van der Waals surface area contributed by atoms with Gasteiger partial charge in [-0.2, -0.15) is 13.2 Å². The second-order valence-corrected chi connectivity index (χ2v) is 9.17. The predicted octanol–water partition coefficient (Wildman–Crippen LogP) is 3.23. The SMILES string of the molecule is CCNC(=O)Nc1ncc(-c2cncc(C(=O)CN)c2)c(-c2nc(C(F)(F)F)cs2)c1-c1cncc(C(=O)NN)c1. The molecule has 0 spiro atoms. The van der Waals surface area contributed by atoms with E-state index < -0.39 is 29.6 Å². The summed E-state index contributed by atoms with van der Waals surface area (Å²) in [5.74, 6) is 4.11. The zero-order valence-electron chi connectivity index (χ0n) is 21.2. The summed E-state index contributed by atoms with van der Waals surface area (Å²) in [6.07, 6.45) is 1.85. The summed E-state index contributed by atoms with van der Waals surface area (Å²) in [7, 11) is 0. The first-order valence-electron chi connectivity index (χ1n) is 11.8. The number of urea groups is 1. The number of amides is 3. The van der Waals surface area contributed by atoms with Gasteiger partial charge in [-0.05, 0) is 19.1 Å². The number of nitrogens with one attached hydrogen (secondary N) is 3. The van der Waals surface area contributed by atoms with Crippen LogP contribution in [0.15, 0.2) is 48.5 Å². The van der Waals surface area contributed by atoms with Crippen molar-refractivity contribution >= 4 is 34.9 Å². The van der Waals surface area contributed by atoms with Gasteiger partial charge in [0, 0.05) is 76.3 Å². The predicted molar refractivity (Wildman–Crippen MR) is 145 cm³/mol. The highest BCUT2D eigenvalue weighted by Crippen LogP contribution is 2.45. The second kappa shape index (κ2) is 12.2. The van der Waals surface area contributed by atoms with Crippen LogP contribution in [0.25, 0.3) is 32.8 Å². The third-order valence-corrected chi connectivity index (χ3v) is 6.49. The van der Waals surface area contributed by atoms with E-state index in [1.54, 1.807) is 6.92 Å². The van der Waals surface area contributed by atoms with Crippen LogP contribution in [0.2, 0.25) is 0 Å². The van der Waals surface area contributed by atoms with Gasteiger partial charge in [0.15, 0.2) is 11.5 Å². The van der Waals surface area contributed by atoms with Crippen molar-refractivity contribution in [1.29, 1.82) is 0 Å². The maximum absolute atomic E-state index is 13.6. The summed E-state index contributed by atoms with van der Waals surface area (Å²) >= 11 is 0.701. The smallest absolute Gasteiger partial charge is 0.338 e. The maximum Gasteiger partial charge on any atom is 0.434 e. The number of hydrogen-bond donors (Lipinski definition) is 5. The number of hydrazine groups is 1. The lowest BCUT2D eigenvalue weighted by molar-refractivity contribution is -0.140. The number of ketones is 1. The van der Waals surface area contributed by atoms with Gasteiger partial charge in [0.05, 0.1) is 12.1 Å². The fourth-order valence-electron chi connectivity index (χ4n) is 3.80. The number of nitrogens with two attached hydrogens (primary N) is 2. The van der Waals surface area contributed by atoms with Gasteiger partial charge in [-0.1, -0.05) is 0 Å². The van der Waals surface area contributed by atoms with Crippen molar-refractivity contribution in [3.8, 4) is 32.8 Å². The van der Waals surface area contributed by atoms with Crippen LogP contribution in [0.4, 0.5) is 23.8 Å². The van der Waals surface area contributed by atoms with Crippen molar-refractivity contribution < 1.29 is 27.6 Å². The molecule has 3 amide bonds. The molecule has 7 N–H and O–H groups in total. The minimum Gasteiger partial charge on any atom is -0.338 e. The largest absolute Gasteiger partial charge is 0.434 e. The van der Waals surface area contributed by atoms with Crippen LogP contribution in [0.1, 0.15) is 33.3 Å². The molecule has 0 bridgehead atoms. The molecule has 0 aromatic carbocycles. The maximum atomic E-state index is 13.6. The average molecular weight is 586 g/mol. The molecule has 0 saturated carbocycles. The van der Waals surface area contributed by atoms with Gasteiger partial charge < -0.3 is 11.1 Å². The second-order valence-electron chi connectivity index (χ2n) is 8.32. The van der Waals surface area contributed by atoms with E-state index in [0.717, 1.165) is 5.38 Å². The summed E-state index contributed by atoms with van der Waals surface area (Å²) < 4.78 is 40.8. The molecular formula is C25H22F3N9O3S. The van der Waals surface area contributed by atoms with Crippen LogP contribution >= 0.6 is 11.3 Å². The molecule has 0 atom stereocenters. The molecular weight excluding hydrogens is 563 g/mol. The Bertz CT molecular complexity index is 1630. The topological polar surface area (TPSA) is 191 Å². The first kappa shape index (κ1) is 29.2. The van der Waals surface area contributed by atoms with Crippen LogP contribution in [0.3, 0.4) is 0 Å². The van der Waals surface area contributed by atoms with Gasteiger partial charge in [0.25, 0.3) is 5.91 Å². The summed E-state index contributed by atoms with van der Waals surface area (Å²) in [6.45, 7) is 1.67. The van der Waals surface area contributed by atoms with Crippen LogP contribution in [0.5, 0.6) is 0 Å². The number of alkyl halides is 3. The van der Waals surface area contributed by atoms with Crippen LogP contribution < -0.4 is 27.6 Å². The van der Waals surface area contributed by atoms with Gasteiger partial charge in [-0.15, -0.1) is 11.3 Å². The molecule has 16 heteroatoms. The van der Waals surface area contributed by atoms with Gasteiger partial charge in [0.1, 0.15) is 10.8 Å². The highest BCUT2D eigenvalue weighted by Gasteiger charge is 2.35. The van der Waals surface area contributed by atoms with Gasteiger partial charge in [-0.3, -0.25) is 30.3 Å². The molecule has 4 rings (SSSR count). The fraction of sp³-hybridized carbons (Fsp3) is 0.160. The molecule has 0 aliphatic rings. The molecule has 212 valence electrons. The standard InChI is InChI=1S/C25H22F3N9O3S/c1-2-33-24(40)36-21-19(14-4-15(9-32-8-14)22(39)37-30)20(23-35-18(11-41-23)25(26,27)28)16(10-34-21)12-3-13(7-31-6-12)17(38)5-29/h3-4,6-11H,2,5,29-30H2,1H3,(H,37,39)(H2,33,34,36,40). The molecule has 4 heterocycles. The molecule has 0 radical (unpaired) electrons. The number of thiazole rings is 1. The highest BCUT2D eigenvalue weighted by molar-refractivity contribution is 7.13. The highest BCUT2D eigenvalue weighted by atomic mass is 32.1. The van der Waals surface area contributed by atoms with E-state index in [0.29, 0.717) is 16.9 Å². The molecule has 4 aromatic heterocycles. The number of nitrogens with zero attached hydrogens (tertiary/aromatic N) is 4. The quantitative estimate of drug-likeness (QED) is 0.0894. The van der Waals surface area contributed by atoms with Crippen molar-refractivity contribution in [3.63, 3.8) is 0 Å².